The van der Waals surface area contributed by atoms with Gasteiger partial charge < -0.3 is 14.6 Å². The monoisotopic (exact) mass is 357 g/mol. The molecule has 134 valence electrons. The van der Waals surface area contributed by atoms with Crippen LogP contribution in [-0.4, -0.2) is 23.5 Å². The molecular weight excluding hydrogens is 341 g/mol. The van der Waals surface area contributed by atoms with Crippen molar-refractivity contribution in [3.05, 3.63) is 53.3 Å². The second-order valence-corrected chi connectivity index (χ2v) is 5.26. The summed E-state index contributed by atoms with van der Waals surface area (Å²) in [5, 5.41) is 19.2. The summed E-state index contributed by atoms with van der Waals surface area (Å²) < 4.78 is 23.2. The molecule has 0 aromatic heterocycles. The zero-order valence-corrected chi connectivity index (χ0v) is 14.0. The summed E-state index contributed by atoms with van der Waals surface area (Å²) in [6.45, 7) is 1.86. The van der Waals surface area contributed by atoms with Crippen molar-refractivity contribution >= 4 is 11.8 Å². The number of esters is 1. The second-order valence-electron chi connectivity index (χ2n) is 5.26. The molecule has 0 spiro atoms. The van der Waals surface area contributed by atoms with E-state index >= 15 is 0 Å². The van der Waals surface area contributed by atoms with Gasteiger partial charge in [-0.05, 0) is 37.3 Å². The average molecular weight is 357 g/mol. The van der Waals surface area contributed by atoms with E-state index in [9.17, 15) is 19.1 Å². The Morgan fingerprint density at radius 3 is 2.46 bits per heavy atom. The van der Waals surface area contributed by atoms with Gasteiger partial charge in [0, 0.05) is 12.5 Å². The summed E-state index contributed by atoms with van der Waals surface area (Å²) in [5.41, 5.74) is -0.283. The maximum Gasteiger partial charge on any atom is 0.306 e. The predicted octanol–water partition coefficient (Wildman–Crippen LogP) is 3.72. The number of nitrogens with zero attached hydrogens (tertiary/aromatic N) is 1. The van der Waals surface area contributed by atoms with Crippen molar-refractivity contribution in [2.45, 2.75) is 19.8 Å². The van der Waals surface area contributed by atoms with E-state index in [2.05, 4.69) is 0 Å². The van der Waals surface area contributed by atoms with Crippen LogP contribution in [0.25, 0.3) is 0 Å². The Morgan fingerprint density at radius 2 is 1.85 bits per heavy atom. The maximum absolute atomic E-state index is 13.0. The lowest BCUT2D eigenvalue weighted by Crippen LogP contribution is -2.08. The first kappa shape index (κ1) is 18.9. The summed E-state index contributed by atoms with van der Waals surface area (Å²) >= 11 is 0. The van der Waals surface area contributed by atoms with Crippen LogP contribution in [-0.2, 0) is 9.53 Å². The van der Waals surface area contributed by atoms with Gasteiger partial charge in [0.25, 0.3) is 0 Å². The number of benzene rings is 2. The molecule has 0 aliphatic heterocycles. The van der Waals surface area contributed by atoms with E-state index in [0.29, 0.717) is 5.75 Å². The van der Waals surface area contributed by atoms with Crippen LogP contribution in [0.4, 0.5) is 4.39 Å². The molecular formula is C19H16FNO5. The smallest absolute Gasteiger partial charge is 0.306 e. The fourth-order valence-electron chi connectivity index (χ4n) is 2.19. The van der Waals surface area contributed by atoms with E-state index < -0.39 is 23.3 Å². The van der Waals surface area contributed by atoms with Crippen LogP contribution in [0.15, 0.2) is 36.4 Å². The van der Waals surface area contributed by atoms with Crippen molar-refractivity contribution in [1.29, 1.82) is 5.26 Å². The van der Waals surface area contributed by atoms with Gasteiger partial charge in [0.05, 0.1) is 24.2 Å². The normalized spacial score (nSPS) is 10.0. The number of rotatable bonds is 7. The summed E-state index contributed by atoms with van der Waals surface area (Å²) in [6, 6.07) is 9.48. The Morgan fingerprint density at radius 1 is 1.15 bits per heavy atom. The molecule has 0 saturated carbocycles. The van der Waals surface area contributed by atoms with Crippen LogP contribution >= 0.6 is 0 Å². The van der Waals surface area contributed by atoms with E-state index in [1.165, 1.54) is 36.4 Å². The number of ketones is 1. The van der Waals surface area contributed by atoms with Gasteiger partial charge in [-0.25, -0.2) is 4.39 Å². The number of phenols is 1. The van der Waals surface area contributed by atoms with Crippen LogP contribution in [0.2, 0.25) is 0 Å². The third-order valence-corrected chi connectivity index (χ3v) is 3.42. The van der Waals surface area contributed by atoms with E-state index in [1.54, 1.807) is 13.0 Å². The van der Waals surface area contributed by atoms with Gasteiger partial charge in [0.15, 0.2) is 5.78 Å². The molecule has 0 radical (unpaired) electrons. The predicted molar refractivity (Wildman–Crippen MR) is 89.5 cm³/mol. The zero-order valence-electron chi connectivity index (χ0n) is 14.0. The molecule has 0 unspecified atom stereocenters. The number of carbonyl (C=O) groups excluding carboxylic acids is 2. The largest absolute Gasteiger partial charge is 0.506 e. The standard InChI is InChI=1S/C19H16FNO5/c1-2-25-18(23)8-7-17(22)16-10-15(9-12(11-21)19(16)24)26-14-5-3-13(20)4-6-14/h3-6,9-10,24H,2,7-8H2,1H3. The first-order valence-corrected chi connectivity index (χ1v) is 7.84. The van der Waals surface area contributed by atoms with Gasteiger partial charge in [-0.15, -0.1) is 0 Å². The Labute approximate surface area is 149 Å². The molecule has 2 aromatic rings. The lowest BCUT2D eigenvalue weighted by molar-refractivity contribution is -0.143. The molecule has 26 heavy (non-hydrogen) atoms. The highest BCUT2D eigenvalue weighted by Gasteiger charge is 2.18. The summed E-state index contributed by atoms with van der Waals surface area (Å²) in [4.78, 5) is 23.7. The number of hydrogen-bond donors (Lipinski definition) is 1. The Bertz CT molecular complexity index is 855. The van der Waals surface area contributed by atoms with Gasteiger partial charge in [-0.1, -0.05) is 0 Å². The molecule has 0 amide bonds. The van der Waals surface area contributed by atoms with Crippen molar-refractivity contribution in [2.24, 2.45) is 0 Å². The number of halogens is 1. The average Bonchev–Trinajstić information content (AvgIpc) is 2.63. The highest BCUT2D eigenvalue weighted by molar-refractivity contribution is 6.00. The third kappa shape index (κ3) is 4.80. The van der Waals surface area contributed by atoms with Crippen molar-refractivity contribution in [2.75, 3.05) is 6.61 Å². The highest BCUT2D eigenvalue weighted by atomic mass is 19.1. The molecule has 0 heterocycles. The molecule has 0 bridgehead atoms. The van der Waals surface area contributed by atoms with Crippen molar-refractivity contribution in [1.82, 2.24) is 0 Å². The Balaban J connectivity index is 2.25. The van der Waals surface area contributed by atoms with Gasteiger partial charge in [-0.2, -0.15) is 5.26 Å². The minimum Gasteiger partial charge on any atom is -0.506 e. The van der Waals surface area contributed by atoms with Crippen molar-refractivity contribution in [3.63, 3.8) is 0 Å². The second kappa shape index (κ2) is 8.62. The molecule has 0 aliphatic rings. The Hall–Kier alpha value is -3.40. The van der Waals surface area contributed by atoms with E-state index in [1.807, 2.05) is 0 Å². The lowest BCUT2D eigenvalue weighted by atomic mass is 10.0. The molecule has 1 N–H and O–H groups in total. The fraction of sp³-hybridized carbons (Fsp3) is 0.211. The number of Topliss-reactive ketones (excluding diaryl/α,β-unsaturated/α-hetero) is 1. The molecule has 2 aromatic carbocycles. The lowest BCUT2D eigenvalue weighted by Gasteiger charge is -2.10. The van der Waals surface area contributed by atoms with Crippen LogP contribution in [0.3, 0.4) is 0 Å². The summed E-state index contributed by atoms with van der Waals surface area (Å²) in [5.74, 6) is -1.55. The summed E-state index contributed by atoms with van der Waals surface area (Å²) in [6.07, 6.45) is -0.325. The maximum atomic E-state index is 13.0. The number of phenolic OH excluding ortho intramolecular Hbond substituents is 1. The van der Waals surface area contributed by atoms with Crippen molar-refractivity contribution < 1.29 is 28.6 Å². The fourth-order valence-corrected chi connectivity index (χ4v) is 2.19. The highest BCUT2D eigenvalue weighted by Crippen LogP contribution is 2.32. The topological polar surface area (TPSA) is 96.6 Å². The number of ether oxygens (including phenoxy) is 2. The quantitative estimate of drug-likeness (QED) is 0.599. The first-order chi connectivity index (χ1) is 12.4. The molecule has 0 fully saturated rings. The molecule has 6 nitrogen and oxygen atoms in total. The SMILES string of the molecule is CCOC(=O)CCC(=O)c1cc(Oc2ccc(F)cc2)cc(C#N)c1O. The van der Waals surface area contributed by atoms with E-state index in [0.717, 1.165) is 0 Å². The van der Waals surface area contributed by atoms with E-state index in [4.69, 9.17) is 14.7 Å². The number of hydrogen-bond acceptors (Lipinski definition) is 6. The summed E-state index contributed by atoms with van der Waals surface area (Å²) in [7, 11) is 0. The molecule has 0 atom stereocenters. The molecule has 7 heteroatoms. The molecule has 0 saturated heterocycles. The van der Waals surface area contributed by atoms with Crippen molar-refractivity contribution in [3.8, 4) is 23.3 Å². The van der Waals surface area contributed by atoms with Gasteiger partial charge in [-0.3, -0.25) is 9.59 Å². The molecule has 2 rings (SSSR count). The number of nitriles is 1. The van der Waals surface area contributed by atoms with Crippen LogP contribution in [0.1, 0.15) is 35.7 Å². The van der Waals surface area contributed by atoms with E-state index in [-0.39, 0.29) is 36.3 Å². The van der Waals surface area contributed by atoms with Crippen LogP contribution in [0.5, 0.6) is 17.2 Å². The minimum absolute atomic E-state index is 0.130. The van der Waals surface area contributed by atoms with Gasteiger partial charge >= 0.3 is 5.97 Å². The minimum atomic E-state index is -0.531. The number of carbonyl (C=O) groups is 2. The third-order valence-electron chi connectivity index (χ3n) is 3.42. The van der Waals surface area contributed by atoms with Crippen LogP contribution in [0, 0.1) is 17.1 Å². The van der Waals surface area contributed by atoms with Crippen LogP contribution < -0.4 is 4.74 Å². The Kier molecular flexibility index (Phi) is 6.28. The number of aromatic hydroxyl groups is 1. The van der Waals surface area contributed by atoms with Gasteiger partial charge in [0.1, 0.15) is 29.1 Å². The zero-order chi connectivity index (χ0) is 19.1. The first-order valence-electron chi connectivity index (χ1n) is 7.84. The molecule has 0 aliphatic carbocycles. The van der Waals surface area contributed by atoms with Gasteiger partial charge in [0.2, 0.25) is 0 Å².